The van der Waals surface area contributed by atoms with Gasteiger partial charge in [-0.2, -0.15) is 25.3 Å². The van der Waals surface area contributed by atoms with E-state index in [1.807, 2.05) is 0 Å². The van der Waals surface area contributed by atoms with Crippen LogP contribution in [0.2, 0.25) is 0 Å². The molecule has 2 fully saturated rings. The zero-order chi connectivity index (χ0) is 30.1. The van der Waals surface area contributed by atoms with Gasteiger partial charge in [0.05, 0.1) is 0 Å². The van der Waals surface area contributed by atoms with Crippen molar-refractivity contribution in [3.63, 3.8) is 0 Å². The Balaban J connectivity index is 1.94. The van der Waals surface area contributed by atoms with Crippen LogP contribution in [0.15, 0.2) is 0 Å². The maximum absolute atomic E-state index is 7.36. The van der Waals surface area contributed by atoms with Crippen LogP contribution in [0.4, 0.5) is 0 Å². The van der Waals surface area contributed by atoms with E-state index in [4.69, 9.17) is 36.7 Å². The minimum Gasteiger partial charge on any atom is -0.329 e. The summed E-state index contributed by atoms with van der Waals surface area (Å²) < 4.78 is -0.589. The average molecular weight is 603 g/mol. The molecular weight excluding hydrogens is 537 g/mol. The van der Waals surface area contributed by atoms with Crippen molar-refractivity contribution in [2.75, 3.05) is 98.2 Å². The predicted molar refractivity (Wildman–Crippen MR) is 181 cm³/mol. The molecule has 0 amide bonds. The fourth-order valence-electron chi connectivity index (χ4n) is 6.70. The smallest absolute Gasteiger partial charge is 0.0386 e. The Morgan fingerprint density at radius 2 is 0.975 bits per heavy atom. The molecule has 40 heavy (non-hydrogen) atoms. The molecule has 2 unspecified atom stereocenters. The average Bonchev–Trinajstić information content (AvgIpc) is 2.87. The van der Waals surface area contributed by atoms with Crippen molar-refractivity contribution in [2.45, 2.75) is 82.5 Å². The third-order valence-electron chi connectivity index (χ3n) is 9.54. The zero-order valence-electron chi connectivity index (χ0n) is 27.3. The predicted octanol–water partition coefficient (Wildman–Crippen LogP) is 1.52. The molecule has 0 aromatic rings. The van der Waals surface area contributed by atoms with Gasteiger partial charge in [-0.1, -0.05) is 27.7 Å². The molecule has 0 aliphatic carbocycles. The van der Waals surface area contributed by atoms with Crippen molar-refractivity contribution in [2.24, 2.45) is 23.3 Å². The minimum atomic E-state index is -0.623. The molecule has 2 atom stereocenters. The Morgan fingerprint density at radius 3 is 1.23 bits per heavy atom. The maximum atomic E-state index is 7.36. The summed E-state index contributed by atoms with van der Waals surface area (Å²) in [5, 5.41) is 7.49. The molecule has 6 N–H and O–H groups in total. The van der Waals surface area contributed by atoms with Crippen LogP contribution >= 0.6 is 25.3 Å². The first kappa shape index (κ1) is 36.6. The number of hydrogen-bond acceptors (Lipinski definition) is 10. The van der Waals surface area contributed by atoms with Gasteiger partial charge in [-0.25, -0.2) is 0 Å². The molecule has 2 saturated heterocycles. The van der Waals surface area contributed by atoms with Gasteiger partial charge in [0.2, 0.25) is 0 Å². The molecule has 238 valence electrons. The van der Waals surface area contributed by atoms with Gasteiger partial charge in [-0.15, -0.1) is 0 Å². The van der Waals surface area contributed by atoms with E-state index in [9.17, 15) is 0 Å². The molecule has 0 spiro atoms. The first-order valence-corrected chi connectivity index (χ1v) is 16.8. The molecule has 0 bridgehead atoms. The van der Waals surface area contributed by atoms with E-state index in [0.29, 0.717) is 18.6 Å². The van der Waals surface area contributed by atoms with Crippen LogP contribution in [0, 0.1) is 11.8 Å². The minimum absolute atomic E-state index is 0.0773. The van der Waals surface area contributed by atoms with E-state index >= 15 is 0 Å². The van der Waals surface area contributed by atoms with Gasteiger partial charge in [0, 0.05) is 137 Å². The highest BCUT2D eigenvalue weighted by Gasteiger charge is 2.50. The van der Waals surface area contributed by atoms with Gasteiger partial charge in [0.1, 0.15) is 0 Å². The lowest BCUT2D eigenvalue weighted by Gasteiger charge is -2.52. The van der Waals surface area contributed by atoms with Crippen LogP contribution in [-0.2, 0) is 0 Å². The van der Waals surface area contributed by atoms with E-state index in [2.05, 4.69) is 85.6 Å². The van der Waals surface area contributed by atoms with Gasteiger partial charge >= 0.3 is 0 Å². The monoisotopic (exact) mass is 602 g/mol. The molecule has 0 radical (unpaired) electrons. The summed E-state index contributed by atoms with van der Waals surface area (Å²) in [5.74, 6) is 0.155. The van der Waals surface area contributed by atoms with Gasteiger partial charge < -0.3 is 22.1 Å². The highest BCUT2D eigenvalue weighted by molar-refractivity contribution is 7.82. The first-order valence-electron chi connectivity index (χ1n) is 15.9. The number of nitrogens with two attached hydrogens (primary N) is 2. The Hall–Kier alpha value is 0.380. The molecular formula is C30H66N8S2. The van der Waals surface area contributed by atoms with Gasteiger partial charge in [-0.05, 0) is 27.7 Å². The SMILES string of the molecule is CC(C)N1CCN(CCNCC(C(C)(C)S)C(N)(CN)C(CNCCN2CCN(C(C)C)CC2)C(C)(C)S)CC1. The molecule has 0 aromatic heterocycles. The van der Waals surface area contributed by atoms with Crippen LogP contribution in [0.5, 0.6) is 0 Å². The van der Waals surface area contributed by atoms with Gasteiger partial charge in [-0.3, -0.25) is 19.6 Å². The lowest BCUT2D eigenvalue weighted by atomic mass is 9.65. The highest BCUT2D eigenvalue weighted by Crippen LogP contribution is 2.41. The van der Waals surface area contributed by atoms with Crippen molar-refractivity contribution in [3.8, 4) is 0 Å². The van der Waals surface area contributed by atoms with Crippen LogP contribution in [0.3, 0.4) is 0 Å². The quantitative estimate of drug-likeness (QED) is 0.110. The lowest BCUT2D eigenvalue weighted by Crippen LogP contribution is -2.69. The summed E-state index contributed by atoms with van der Waals surface area (Å²) in [6, 6.07) is 1.26. The summed E-state index contributed by atoms with van der Waals surface area (Å²) in [6.45, 7) is 33.0. The van der Waals surface area contributed by atoms with Crippen LogP contribution < -0.4 is 22.1 Å². The molecule has 2 aliphatic heterocycles. The van der Waals surface area contributed by atoms with E-state index < -0.39 is 5.54 Å². The molecule has 0 saturated carbocycles. The fraction of sp³-hybridized carbons (Fsp3) is 1.00. The van der Waals surface area contributed by atoms with E-state index in [0.717, 1.165) is 91.6 Å². The molecule has 2 heterocycles. The van der Waals surface area contributed by atoms with Crippen molar-refractivity contribution < 1.29 is 0 Å². The van der Waals surface area contributed by atoms with E-state index in [-0.39, 0.29) is 21.3 Å². The number of nitrogens with zero attached hydrogens (tertiary/aromatic N) is 4. The number of hydrogen-bond donors (Lipinski definition) is 6. The van der Waals surface area contributed by atoms with Crippen LogP contribution in [-0.4, -0.2) is 145 Å². The lowest BCUT2D eigenvalue weighted by molar-refractivity contribution is 0.102. The Morgan fingerprint density at radius 1 is 0.650 bits per heavy atom. The Kier molecular flexibility index (Phi) is 15.0. The second kappa shape index (κ2) is 16.5. The highest BCUT2D eigenvalue weighted by atomic mass is 32.1. The second-order valence-corrected chi connectivity index (χ2v) is 16.4. The van der Waals surface area contributed by atoms with Gasteiger partial charge in [0.25, 0.3) is 0 Å². The standard InChI is InChI=1S/C30H66N8S2/c1-24(2)37-17-13-35(14-18-37)11-9-33-21-26(28(5,6)39)30(32,23-31)27(29(7,8)40)22-34-10-12-36-15-19-38(20-16-36)25(3)4/h24-27,33-34,39-40H,9-23,31-32H2,1-8H3. The first-order chi connectivity index (χ1) is 18.6. The summed E-state index contributed by atoms with van der Waals surface area (Å²) in [7, 11) is 0. The zero-order valence-corrected chi connectivity index (χ0v) is 29.0. The van der Waals surface area contributed by atoms with Gasteiger partial charge in [0.15, 0.2) is 0 Å². The van der Waals surface area contributed by atoms with Crippen LogP contribution in [0.1, 0.15) is 55.4 Å². The van der Waals surface area contributed by atoms with Crippen molar-refractivity contribution in [1.29, 1.82) is 0 Å². The number of piperazine rings is 2. The maximum Gasteiger partial charge on any atom is 0.0386 e. The molecule has 10 heteroatoms. The third kappa shape index (κ3) is 11.1. The third-order valence-corrected chi connectivity index (χ3v) is 10.2. The van der Waals surface area contributed by atoms with Crippen molar-refractivity contribution >= 4 is 25.3 Å². The Bertz CT molecular complexity index is 639. The van der Waals surface area contributed by atoms with Crippen molar-refractivity contribution in [1.82, 2.24) is 30.2 Å². The molecule has 8 nitrogen and oxygen atoms in total. The summed E-state index contributed by atoms with van der Waals surface area (Å²) in [6.07, 6.45) is 0. The van der Waals surface area contributed by atoms with Crippen LogP contribution in [0.25, 0.3) is 0 Å². The Labute approximate surface area is 258 Å². The molecule has 0 aromatic carbocycles. The fourth-order valence-corrected chi connectivity index (χ4v) is 7.36. The summed E-state index contributed by atoms with van der Waals surface area (Å²) in [5.41, 5.74) is 13.3. The topological polar surface area (TPSA) is 89.1 Å². The van der Waals surface area contributed by atoms with Crippen molar-refractivity contribution in [3.05, 3.63) is 0 Å². The molecule has 2 rings (SSSR count). The largest absolute Gasteiger partial charge is 0.329 e. The summed E-state index contributed by atoms with van der Waals surface area (Å²) in [4.78, 5) is 10.3. The van der Waals surface area contributed by atoms with E-state index in [1.165, 1.54) is 0 Å². The molecule has 2 aliphatic rings. The second-order valence-electron chi connectivity index (χ2n) is 14.1. The summed E-state index contributed by atoms with van der Waals surface area (Å²) >= 11 is 10.1. The number of nitrogens with one attached hydrogen (secondary N) is 2. The number of thiol groups is 2. The normalized spacial score (nSPS) is 22.6. The number of rotatable bonds is 17. The van der Waals surface area contributed by atoms with E-state index in [1.54, 1.807) is 0 Å².